The molecule has 106 valence electrons. The van der Waals surface area contributed by atoms with E-state index in [1.807, 2.05) is 11.9 Å². The van der Waals surface area contributed by atoms with E-state index < -0.39 is 0 Å². The van der Waals surface area contributed by atoms with Crippen LogP contribution in [0.25, 0.3) is 0 Å². The third kappa shape index (κ3) is 4.60. The number of carbonyl (C=O) groups excluding carboxylic acids is 1. The average molecular weight is 254 g/mol. The van der Waals surface area contributed by atoms with Gasteiger partial charge in [-0.2, -0.15) is 0 Å². The first-order chi connectivity index (χ1) is 8.56. The lowest BCUT2D eigenvalue weighted by Crippen LogP contribution is -2.42. The highest BCUT2D eigenvalue weighted by Crippen LogP contribution is 2.28. The molecule has 0 heterocycles. The Kier molecular flexibility index (Phi) is 6.69. The summed E-state index contributed by atoms with van der Waals surface area (Å²) in [5.41, 5.74) is 5.54. The second-order valence-electron chi connectivity index (χ2n) is 6.05. The van der Waals surface area contributed by atoms with Crippen LogP contribution in [0.1, 0.15) is 58.8 Å². The van der Waals surface area contributed by atoms with Gasteiger partial charge in [-0.05, 0) is 44.1 Å². The highest BCUT2D eigenvalue weighted by molar-refractivity contribution is 5.76. The fraction of sp³-hybridized carbons (Fsp3) is 0.933. The smallest absolute Gasteiger partial charge is 0.222 e. The summed E-state index contributed by atoms with van der Waals surface area (Å²) in [6.45, 7) is 5.19. The largest absolute Gasteiger partial charge is 0.343 e. The molecule has 0 aromatic rings. The van der Waals surface area contributed by atoms with Crippen molar-refractivity contribution in [1.29, 1.82) is 0 Å². The van der Waals surface area contributed by atoms with Crippen LogP contribution in [-0.4, -0.2) is 30.4 Å². The molecule has 18 heavy (non-hydrogen) atoms. The fourth-order valence-corrected chi connectivity index (χ4v) is 3.03. The van der Waals surface area contributed by atoms with Crippen LogP contribution in [-0.2, 0) is 4.79 Å². The molecule has 3 unspecified atom stereocenters. The van der Waals surface area contributed by atoms with Crippen LogP contribution >= 0.6 is 0 Å². The summed E-state index contributed by atoms with van der Waals surface area (Å²) in [5, 5.41) is 0. The van der Waals surface area contributed by atoms with E-state index in [1.54, 1.807) is 0 Å². The Morgan fingerprint density at radius 3 is 2.61 bits per heavy atom. The molecule has 0 saturated heterocycles. The van der Waals surface area contributed by atoms with Gasteiger partial charge in [-0.25, -0.2) is 0 Å². The van der Waals surface area contributed by atoms with Gasteiger partial charge in [0.1, 0.15) is 0 Å². The molecular weight excluding hydrogens is 224 g/mol. The molecule has 0 spiro atoms. The van der Waals surface area contributed by atoms with Gasteiger partial charge in [0.25, 0.3) is 0 Å². The Balaban J connectivity index is 2.35. The van der Waals surface area contributed by atoms with Gasteiger partial charge in [-0.3, -0.25) is 4.79 Å². The second kappa shape index (κ2) is 7.78. The quantitative estimate of drug-likeness (QED) is 0.792. The molecule has 3 atom stereocenters. The number of carbonyl (C=O) groups is 1. The van der Waals surface area contributed by atoms with Crippen molar-refractivity contribution in [3.8, 4) is 0 Å². The maximum absolute atomic E-state index is 12.2. The molecule has 0 aromatic carbocycles. The van der Waals surface area contributed by atoms with Gasteiger partial charge in [0.15, 0.2) is 0 Å². The molecule has 2 N–H and O–H groups in total. The van der Waals surface area contributed by atoms with Crippen molar-refractivity contribution < 1.29 is 4.79 Å². The summed E-state index contributed by atoms with van der Waals surface area (Å²) in [4.78, 5) is 14.2. The molecule has 1 amide bonds. The van der Waals surface area contributed by atoms with Gasteiger partial charge in [0.05, 0.1) is 0 Å². The van der Waals surface area contributed by atoms with Crippen molar-refractivity contribution in [3.63, 3.8) is 0 Å². The Hall–Kier alpha value is -0.570. The van der Waals surface area contributed by atoms with Crippen LogP contribution in [0, 0.1) is 11.8 Å². The number of nitrogens with two attached hydrogens (primary N) is 1. The predicted octanol–water partition coefficient (Wildman–Crippen LogP) is 2.79. The highest BCUT2D eigenvalue weighted by atomic mass is 16.2. The number of hydrogen-bond acceptors (Lipinski definition) is 2. The molecule has 1 saturated carbocycles. The SMILES string of the molecule is CC(CCN)CCC(=O)N(C)C1CCCCC1C. The van der Waals surface area contributed by atoms with Crippen LogP contribution in [0.2, 0.25) is 0 Å². The monoisotopic (exact) mass is 254 g/mol. The summed E-state index contributed by atoms with van der Waals surface area (Å²) in [6, 6.07) is 0.469. The molecule has 0 radical (unpaired) electrons. The van der Waals surface area contributed by atoms with Crippen LogP contribution in [0.3, 0.4) is 0 Å². The molecule has 1 fully saturated rings. The summed E-state index contributed by atoms with van der Waals surface area (Å²) in [5.74, 6) is 1.54. The van der Waals surface area contributed by atoms with Gasteiger partial charge in [-0.1, -0.05) is 26.7 Å². The minimum Gasteiger partial charge on any atom is -0.343 e. The van der Waals surface area contributed by atoms with E-state index in [0.717, 1.165) is 19.4 Å². The molecule has 3 nitrogen and oxygen atoms in total. The Morgan fingerprint density at radius 2 is 2.00 bits per heavy atom. The minimum atomic E-state index is 0.317. The maximum atomic E-state index is 12.2. The third-order valence-corrected chi connectivity index (χ3v) is 4.47. The molecule has 0 bridgehead atoms. The number of rotatable bonds is 6. The van der Waals surface area contributed by atoms with E-state index in [2.05, 4.69) is 13.8 Å². The zero-order chi connectivity index (χ0) is 13.5. The van der Waals surface area contributed by atoms with Gasteiger partial charge in [0.2, 0.25) is 5.91 Å². The first-order valence-electron chi connectivity index (χ1n) is 7.52. The molecular formula is C15H30N2O. The first kappa shape index (κ1) is 15.5. The van der Waals surface area contributed by atoms with Crippen LogP contribution < -0.4 is 5.73 Å². The lowest BCUT2D eigenvalue weighted by molar-refractivity contribution is -0.133. The van der Waals surface area contributed by atoms with Crippen LogP contribution in [0.15, 0.2) is 0 Å². The number of hydrogen-bond donors (Lipinski definition) is 1. The average Bonchev–Trinajstić information content (AvgIpc) is 2.36. The summed E-state index contributed by atoms with van der Waals surface area (Å²) >= 11 is 0. The van der Waals surface area contributed by atoms with E-state index in [1.165, 1.54) is 25.7 Å². The fourth-order valence-electron chi connectivity index (χ4n) is 3.03. The predicted molar refractivity (Wildman–Crippen MR) is 76.3 cm³/mol. The van der Waals surface area contributed by atoms with Crippen molar-refractivity contribution in [2.45, 2.75) is 64.8 Å². The van der Waals surface area contributed by atoms with E-state index in [9.17, 15) is 4.79 Å². The van der Waals surface area contributed by atoms with E-state index in [-0.39, 0.29) is 0 Å². The topological polar surface area (TPSA) is 46.3 Å². The van der Waals surface area contributed by atoms with E-state index >= 15 is 0 Å². The number of nitrogens with zero attached hydrogens (tertiary/aromatic N) is 1. The second-order valence-corrected chi connectivity index (χ2v) is 6.05. The highest BCUT2D eigenvalue weighted by Gasteiger charge is 2.27. The summed E-state index contributed by atoms with van der Waals surface area (Å²) in [6.07, 6.45) is 7.73. The van der Waals surface area contributed by atoms with Crippen molar-refractivity contribution in [2.24, 2.45) is 17.6 Å². The van der Waals surface area contributed by atoms with E-state index in [0.29, 0.717) is 30.2 Å². The first-order valence-corrected chi connectivity index (χ1v) is 7.52. The summed E-state index contributed by atoms with van der Waals surface area (Å²) in [7, 11) is 1.99. The van der Waals surface area contributed by atoms with Crippen molar-refractivity contribution >= 4 is 5.91 Å². The molecule has 3 heteroatoms. The zero-order valence-corrected chi connectivity index (χ0v) is 12.3. The molecule has 0 aromatic heterocycles. The third-order valence-electron chi connectivity index (χ3n) is 4.47. The summed E-state index contributed by atoms with van der Waals surface area (Å²) < 4.78 is 0. The van der Waals surface area contributed by atoms with Crippen molar-refractivity contribution in [2.75, 3.05) is 13.6 Å². The number of amides is 1. The molecule has 1 rings (SSSR count). The zero-order valence-electron chi connectivity index (χ0n) is 12.3. The van der Waals surface area contributed by atoms with Crippen molar-refractivity contribution in [3.05, 3.63) is 0 Å². The lowest BCUT2D eigenvalue weighted by Gasteiger charge is -2.36. The molecule has 0 aliphatic heterocycles. The van der Waals surface area contributed by atoms with Gasteiger partial charge in [0, 0.05) is 19.5 Å². The Morgan fingerprint density at radius 1 is 1.33 bits per heavy atom. The lowest BCUT2D eigenvalue weighted by atomic mass is 9.85. The van der Waals surface area contributed by atoms with Gasteiger partial charge >= 0.3 is 0 Å². The van der Waals surface area contributed by atoms with Crippen LogP contribution in [0.5, 0.6) is 0 Å². The maximum Gasteiger partial charge on any atom is 0.222 e. The molecule has 1 aliphatic rings. The normalized spacial score (nSPS) is 25.8. The van der Waals surface area contributed by atoms with E-state index in [4.69, 9.17) is 5.73 Å². The van der Waals surface area contributed by atoms with Gasteiger partial charge in [-0.15, -0.1) is 0 Å². The van der Waals surface area contributed by atoms with Crippen LogP contribution in [0.4, 0.5) is 0 Å². The standard InChI is InChI=1S/C15H30N2O/c1-12(10-11-16)8-9-15(18)17(3)14-7-5-4-6-13(14)2/h12-14H,4-11,16H2,1-3H3. The Labute approximate surface area is 112 Å². The van der Waals surface area contributed by atoms with Crippen molar-refractivity contribution in [1.82, 2.24) is 4.90 Å². The van der Waals surface area contributed by atoms with Gasteiger partial charge < -0.3 is 10.6 Å². The molecule has 1 aliphatic carbocycles. The minimum absolute atomic E-state index is 0.317. The Bertz CT molecular complexity index is 255.